The third-order valence-corrected chi connectivity index (χ3v) is 21.0. The van der Waals surface area contributed by atoms with Crippen LogP contribution in [0.15, 0.2) is 0 Å². The van der Waals surface area contributed by atoms with Crippen molar-refractivity contribution in [2.75, 3.05) is 24.6 Å². The average molecular weight is 933 g/mol. The van der Waals surface area contributed by atoms with Gasteiger partial charge in [0.25, 0.3) is 0 Å². The molecule has 0 nitrogen and oxygen atoms in total. The lowest BCUT2D eigenvalue weighted by molar-refractivity contribution is 0.529. The second-order valence-electron chi connectivity index (χ2n) is 22.6. The van der Waals surface area contributed by atoms with Gasteiger partial charge in [0, 0.05) is 7.26 Å². The molecule has 392 valence electrons. The normalized spacial score (nSPS) is 12.0. The SMILES string of the molecule is CCCCCCCCCCCCCCCCCCC[P+](CCCCCCCCCCCCCCC)(CCCCCCCCCCCCCCC)CCCCCCCCCCCCCCC. The van der Waals surface area contributed by atoms with Crippen molar-refractivity contribution in [2.45, 2.75) is 387 Å². The van der Waals surface area contributed by atoms with Gasteiger partial charge in [-0.3, -0.25) is 0 Å². The lowest BCUT2D eigenvalue weighted by Gasteiger charge is -2.28. The fraction of sp³-hybridized carbons (Fsp3) is 1.00. The summed E-state index contributed by atoms with van der Waals surface area (Å²) in [5, 5.41) is 0. The van der Waals surface area contributed by atoms with Crippen LogP contribution in [0.25, 0.3) is 0 Å². The van der Waals surface area contributed by atoms with Gasteiger partial charge in [0.1, 0.15) is 0 Å². The van der Waals surface area contributed by atoms with E-state index < -0.39 is 7.26 Å². The zero-order valence-corrected chi connectivity index (χ0v) is 47.8. The molecule has 0 fully saturated rings. The highest BCUT2D eigenvalue weighted by atomic mass is 31.2. The molecule has 0 unspecified atom stereocenters. The first-order valence-corrected chi connectivity index (χ1v) is 34.6. The Labute approximate surface area is 417 Å². The smallest absolute Gasteiger partial charge is 0.0594 e. The molecule has 0 N–H and O–H groups in total. The van der Waals surface area contributed by atoms with E-state index in [4.69, 9.17) is 0 Å². The van der Waals surface area contributed by atoms with Gasteiger partial charge >= 0.3 is 0 Å². The minimum absolute atomic E-state index is 0.833. The molecule has 0 aliphatic rings. The van der Waals surface area contributed by atoms with E-state index in [2.05, 4.69) is 27.7 Å². The number of rotatable bonds is 60. The van der Waals surface area contributed by atoms with Gasteiger partial charge in [-0.15, -0.1) is 0 Å². The summed E-state index contributed by atoms with van der Waals surface area (Å²) in [6, 6.07) is 0. The molecule has 0 amide bonds. The Hall–Kier alpha value is 0.430. The van der Waals surface area contributed by atoms with E-state index in [-0.39, 0.29) is 0 Å². The van der Waals surface area contributed by atoms with Crippen LogP contribution in [0.5, 0.6) is 0 Å². The first-order valence-electron chi connectivity index (χ1n) is 32.1. The van der Waals surface area contributed by atoms with E-state index in [1.54, 1.807) is 50.3 Å². The molecule has 0 atom stereocenters. The molecule has 0 aromatic rings. The quantitative estimate of drug-likeness (QED) is 0.0421. The molecular formula is C64H132P+. The summed E-state index contributed by atoms with van der Waals surface area (Å²) in [5.41, 5.74) is 0. The molecule has 0 aliphatic carbocycles. The van der Waals surface area contributed by atoms with Crippen LogP contribution in [0.2, 0.25) is 0 Å². The van der Waals surface area contributed by atoms with Gasteiger partial charge in [-0.05, 0) is 51.4 Å². The van der Waals surface area contributed by atoms with Gasteiger partial charge in [-0.25, -0.2) is 0 Å². The van der Waals surface area contributed by atoms with Gasteiger partial charge in [-0.2, -0.15) is 0 Å². The Balaban J connectivity index is 4.90. The maximum absolute atomic E-state index is 2.34. The summed E-state index contributed by atoms with van der Waals surface area (Å²) < 4.78 is 0. The van der Waals surface area contributed by atoms with E-state index in [9.17, 15) is 0 Å². The first kappa shape index (κ1) is 65.4. The second-order valence-corrected chi connectivity index (χ2v) is 27.1. The lowest BCUT2D eigenvalue weighted by Crippen LogP contribution is -2.13. The molecule has 65 heavy (non-hydrogen) atoms. The van der Waals surface area contributed by atoms with Crippen LogP contribution in [0.3, 0.4) is 0 Å². The molecule has 0 aromatic heterocycles. The van der Waals surface area contributed by atoms with Crippen LogP contribution < -0.4 is 0 Å². The Kier molecular flexibility index (Phi) is 59.1. The van der Waals surface area contributed by atoms with Gasteiger partial charge in [-0.1, -0.05) is 336 Å². The highest BCUT2D eigenvalue weighted by Gasteiger charge is 2.35. The van der Waals surface area contributed by atoms with Crippen molar-refractivity contribution >= 4 is 7.26 Å². The largest absolute Gasteiger partial charge is 0.0654 e. The van der Waals surface area contributed by atoms with Gasteiger partial charge in [0.05, 0.1) is 24.6 Å². The summed E-state index contributed by atoms with van der Waals surface area (Å²) in [4.78, 5) is 0. The minimum atomic E-state index is -0.833. The van der Waals surface area contributed by atoms with Crippen LogP contribution in [-0.4, -0.2) is 24.6 Å². The van der Waals surface area contributed by atoms with Crippen LogP contribution in [0, 0.1) is 0 Å². The monoisotopic (exact) mass is 932 g/mol. The molecule has 0 saturated carbocycles. The van der Waals surface area contributed by atoms with Crippen LogP contribution in [0.1, 0.15) is 387 Å². The lowest BCUT2D eigenvalue weighted by atomic mass is 10.0. The molecule has 0 rings (SSSR count). The summed E-state index contributed by atoms with van der Waals surface area (Å²) >= 11 is 0. The predicted octanol–water partition coefficient (Wildman–Crippen LogP) is 24.9. The molecular weight excluding hydrogens is 800 g/mol. The van der Waals surface area contributed by atoms with Crippen molar-refractivity contribution in [3.05, 3.63) is 0 Å². The topological polar surface area (TPSA) is 0 Å². The predicted molar refractivity (Wildman–Crippen MR) is 308 cm³/mol. The van der Waals surface area contributed by atoms with Gasteiger partial charge in [0.15, 0.2) is 0 Å². The van der Waals surface area contributed by atoms with Crippen molar-refractivity contribution in [1.82, 2.24) is 0 Å². The van der Waals surface area contributed by atoms with Crippen molar-refractivity contribution < 1.29 is 0 Å². The Bertz CT molecular complexity index is 729. The second kappa shape index (κ2) is 58.7. The standard InChI is InChI=1S/C64H132P/c1-5-9-13-17-21-25-29-33-34-35-36-40-44-48-52-56-60-64-65(61-57-53-49-45-41-37-30-26-22-18-14-10-6-2,62-58-54-50-46-42-38-31-27-23-19-15-11-7-3)63-59-55-51-47-43-39-32-28-24-20-16-12-8-4/h5-64H2,1-4H3/q+1. The van der Waals surface area contributed by atoms with E-state index in [1.807, 2.05) is 0 Å². The molecule has 0 saturated heterocycles. The van der Waals surface area contributed by atoms with Crippen LogP contribution in [0.4, 0.5) is 0 Å². The zero-order valence-electron chi connectivity index (χ0n) is 46.9. The maximum atomic E-state index is 2.34. The van der Waals surface area contributed by atoms with E-state index in [0.29, 0.717) is 0 Å². The summed E-state index contributed by atoms with van der Waals surface area (Å²) in [7, 11) is -0.833. The maximum Gasteiger partial charge on any atom is 0.0594 e. The Morgan fingerprint density at radius 3 is 0.323 bits per heavy atom. The van der Waals surface area contributed by atoms with E-state index in [0.717, 1.165) is 0 Å². The van der Waals surface area contributed by atoms with E-state index in [1.165, 1.54) is 334 Å². The van der Waals surface area contributed by atoms with Crippen molar-refractivity contribution in [1.29, 1.82) is 0 Å². The van der Waals surface area contributed by atoms with Crippen molar-refractivity contribution in [3.63, 3.8) is 0 Å². The first-order chi connectivity index (χ1) is 32.2. The fourth-order valence-electron chi connectivity index (χ4n) is 11.2. The molecule has 0 radical (unpaired) electrons. The Morgan fingerprint density at radius 1 is 0.123 bits per heavy atom. The molecule has 0 aliphatic heterocycles. The van der Waals surface area contributed by atoms with Crippen LogP contribution >= 0.6 is 7.26 Å². The van der Waals surface area contributed by atoms with Gasteiger partial charge in [0.2, 0.25) is 0 Å². The number of hydrogen-bond donors (Lipinski definition) is 0. The number of hydrogen-bond acceptors (Lipinski definition) is 0. The Morgan fingerprint density at radius 2 is 0.215 bits per heavy atom. The zero-order chi connectivity index (χ0) is 46.9. The van der Waals surface area contributed by atoms with Crippen molar-refractivity contribution in [3.8, 4) is 0 Å². The minimum Gasteiger partial charge on any atom is -0.0654 e. The van der Waals surface area contributed by atoms with Crippen molar-refractivity contribution in [2.24, 2.45) is 0 Å². The third-order valence-electron chi connectivity index (χ3n) is 15.9. The highest BCUT2D eigenvalue weighted by Crippen LogP contribution is 2.61. The fourth-order valence-corrected chi connectivity index (χ4v) is 16.2. The molecule has 0 bridgehead atoms. The molecule has 0 aromatic carbocycles. The summed E-state index contributed by atoms with van der Waals surface area (Å²) in [6.07, 6.45) is 90.3. The van der Waals surface area contributed by atoms with E-state index >= 15 is 0 Å². The van der Waals surface area contributed by atoms with Crippen LogP contribution in [-0.2, 0) is 0 Å². The molecule has 0 spiro atoms. The molecule has 1 heteroatoms. The highest BCUT2D eigenvalue weighted by molar-refractivity contribution is 7.75. The summed E-state index contributed by atoms with van der Waals surface area (Å²) in [6.45, 7) is 9.34. The third kappa shape index (κ3) is 53.6. The van der Waals surface area contributed by atoms with Gasteiger partial charge < -0.3 is 0 Å². The average Bonchev–Trinajstić information content (AvgIpc) is 3.32. The molecule has 0 heterocycles. The summed E-state index contributed by atoms with van der Waals surface area (Å²) in [5.74, 6) is 0. The number of unbranched alkanes of at least 4 members (excludes halogenated alkanes) is 52.